The standard InChI is InChI=1S/C12H15N3O5/c1-12(2,6-9(13)16)14-11(18)7-4-3-5-8(10(7)17)15(19)20/h3-5,17H,6H2,1-2H3,(H2,13,16)(H,14,18). The molecule has 4 N–H and O–H groups in total. The second-order valence-corrected chi connectivity index (χ2v) is 4.91. The summed E-state index contributed by atoms with van der Waals surface area (Å²) < 4.78 is 0. The Morgan fingerprint density at radius 3 is 2.55 bits per heavy atom. The first-order valence-electron chi connectivity index (χ1n) is 5.71. The normalized spacial score (nSPS) is 10.9. The molecule has 0 aliphatic carbocycles. The number of hydrogen-bond acceptors (Lipinski definition) is 5. The zero-order valence-corrected chi connectivity index (χ0v) is 11.0. The number of nitro groups is 1. The number of phenolic OH excluding ortho intramolecular Hbond substituents is 1. The number of benzene rings is 1. The number of nitro benzene ring substituents is 1. The number of para-hydroxylation sites is 1. The molecule has 1 aromatic carbocycles. The molecule has 0 fully saturated rings. The molecule has 0 saturated carbocycles. The predicted octanol–water partition coefficient (Wildman–Crippen LogP) is 0.684. The Balaban J connectivity index is 3.02. The number of hydrogen-bond donors (Lipinski definition) is 3. The van der Waals surface area contributed by atoms with Gasteiger partial charge in [-0.05, 0) is 19.9 Å². The fourth-order valence-corrected chi connectivity index (χ4v) is 1.72. The molecule has 0 unspecified atom stereocenters. The smallest absolute Gasteiger partial charge is 0.311 e. The molecule has 0 aliphatic rings. The van der Waals surface area contributed by atoms with Crippen molar-refractivity contribution in [2.24, 2.45) is 5.73 Å². The Labute approximate surface area is 114 Å². The van der Waals surface area contributed by atoms with E-state index in [1.165, 1.54) is 12.1 Å². The largest absolute Gasteiger partial charge is 0.502 e. The summed E-state index contributed by atoms with van der Waals surface area (Å²) in [6, 6.07) is 3.62. The number of carbonyl (C=O) groups is 2. The van der Waals surface area contributed by atoms with E-state index in [1.54, 1.807) is 13.8 Å². The van der Waals surface area contributed by atoms with Gasteiger partial charge in [0.15, 0.2) is 0 Å². The minimum absolute atomic E-state index is 0.103. The lowest BCUT2D eigenvalue weighted by atomic mass is 9.99. The first-order valence-corrected chi connectivity index (χ1v) is 5.71. The lowest BCUT2D eigenvalue weighted by Gasteiger charge is -2.24. The van der Waals surface area contributed by atoms with Crippen LogP contribution in [0.5, 0.6) is 5.75 Å². The van der Waals surface area contributed by atoms with E-state index in [2.05, 4.69) is 5.32 Å². The van der Waals surface area contributed by atoms with Gasteiger partial charge >= 0.3 is 5.69 Å². The van der Waals surface area contributed by atoms with Crippen molar-refractivity contribution in [1.29, 1.82) is 0 Å². The topological polar surface area (TPSA) is 136 Å². The average molecular weight is 281 g/mol. The molecule has 0 atom stereocenters. The molecule has 0 saturated heterocycles. The zero-order chi connectivity index (χ0) is 15.5. The van der Waals surface area contributed by atoms with Gasteiger partial charge in [-0.2, -0.15) is 0 Å². The van der Waals surface area contributed by atoms with Crippen molar-refractivity contribution >= 4 is 17.5 Å². The number of carbonyl (C=O) groups excluding carboxylic acids is 2. The Morgan fingerprint density at radius 1 is 1.45 bits per heavy atom. The van der Waals surface area contributed by atoms with E-state index in [9.17, 15) is 24.8 Å². The Morgan fingerprint density at radius 2 is 2.05 bits per heavy atom. The molecule has 1 rings (SSSR count). The van der Waals surface area contributed by atoms with Crippen LogP contribution in [0.1, 0.15) is 30.6 Å². The van der Waals surface area contributed by atoms with Crippen LogP contribution in [0.4, 0.5) is 5.69 Å². The second-order valence-electron chi connectivity index (χ2n) is 4.91. The molecule has 1 aromatic rings. The van der Waals surface area contributed by atoms with E-state index < -0.39 is 33.7 Å². The minimum Gasteiger partial charge on any atom is -0.502 e. The van der Waals surface area contributed by atoms with Gasteiger partial charge in [-0.25, -0.2) is 0 Å². The maximum absolute atomic E-state index is 12.0. The number of nitrogens with zero attached hydrogens (tertiary/aromatic N) is 1. The summed E-state index contributed by atoms with van der Waals surface area (Å²) >= 11 is 0. The fraction of sp³-hybridized carbons (Fsp3) is 0.333. The molecule has 2 amide bonds. The summed E-state index contributed by atoms with van der Waals surface area (Å²) in [6.07, 6.45) is -0.103. The lowest BCUT2D eigenvalue weighted by Crippen LogP contribution is -2.46. The van der Waals surface area contributed by atoms with Crippen LogP contribution in [0, 0.1) is 10.1 Å². The first-order chi connectivity index (χ1) is 9.14. The number of nitrogens with one attached hydrogen (secondary N) is 1. The third-order valence-electron chi connectivity index (χ3n) is 2.52. The average Bonchev–Trinajstić information content (AvgIpc) is 2.25. The lowest BCUT2D eigenvalue weighted by molar-refractivity contribution is -0.385. The molecule has 108 valence electrons. The van der Waals surface area contributed by atoms with Crippen molar-refractivity contribution < 1.29 is 19.6 Å². The van der Waals surface area contributed by atoms with Crippen LogP contribution in [0.3, 0.4) is 0 Å². The Kier molecular flexibility index (Phi) is 4.28. The molecule has 0 heterocycles. The molecule has 8 heteroatoms. The van der Waals surface area contributed by atoms with Crippen LogP contribution in [0.25, 0.3) is 0 Å². The van der Waals surface area contributed by atoms with E-state index in [4.69, 9.17) is 5.73 Å². The van der Waals surface area contributed by atoms with Crippen molar-refractivity contribution in [1.82, 2.24) is 5.32 Å². The third kappa shape index (κ3) is 3.67. The van der Waals surface area contributed by atoms with E-state index >= 15 is 0 Å². The molecular weight excluding hydrogens is 266 g/mol. The summed E-state index contributed by atoms with van der Waals surface area (Å²) in [5, 5.41) is 22.9. The van der Waals surface area contributed by atoms with Crippen molar-refractivity contribution in [3.05, 3.63) is 33.9 Å². The SMILES string of the molecule is CC(C)(CC(N)=O)NC(=O)c1cccc([N+](=O)[O-])c1O. The van der Waals surface area contributed by atoms with E-state index in [-0.39, 0.29) is 12.0 Å². The van der Waals surface area contributed by atoms with Gasteiger partial charge in [0, 0.05) is 18.0 Å². The summed E-state index contributed by atoms with van der Waals surface area (Å²) in [5.41, 5.74) is 3.32. The van der Waals surface area contributed by atoms with Crippen LogP contribution in [-0.2, 0) is 4.79 Å². The highest BCUT2D eigenvalue weighted by molar-refractivity contribution is 5.98. The van der Waals surface area contributed by atoms with Crippen LogP contribution >= 0.6 is 0 Å². The highest BCUT2D eigenvalue weighted by Gasteiger charge is 2.27. The van der Waals surface area contributed by atoms with E-state index in [1.807, 2.05) is 0 Å². The molecule has 0 radical (unpaired) electrons. The summed E-state index contributed by atoms with van der Waals surface area (Å²) in [6.45, 7) is 3.15. The van der Waals surface area contributed by atoms with E-state index in [0.717, 1.165) is 6.07 Å². The monoisotopic (exact) mass is 281 g/mol. The fourth-order valence-electron chi connectivity index (χ4n) is 1.72. The quantitative estimate of drug-likeness (QED) is 0.538. The second kappa shape index (κ2) is 5.55. The maximum Gasteiger partial charge on any atom is 0.311 e. The van der Waals surface area contributed by atoms with Crippen molar-refractivity contribution in [2.75, 3.05) is 0 Å². The van der Waals surface area contributed by atoms with Crippen molar-refractivity contribution in [3.8, 4) is 5.75 Å². The number of phenols is 1. The Hall–Kier alpha value is -2.64. The third-order valence-corrected chi connectivity index (χ3v) is 2.52. The number of amides is 2. The summed E-state index contributed by atoms with van der Waals surface area (Å²) in [7, 11) is 0. The molecule has 0 aromatic heterocycles. The van der Waals surface area contributed by atoms with Crippen LogP contribution in [0.2, 0.25) is 0 Å². The van der Waals surface area contributed by atoms with Crippen LogP contribution in [0.15, 0.2) is 18.2 Å². The van der Waals surface area contributed by atoms with Gasteiger partial charge in [-0.1, -0.05) is 6.07 Å². The van der Waals surface area contributed by atoms with Gasteiger partial charge in [0.1, 0.15) is 0 Å². The zero-order valence-electron chi connectivity index (χ0n) is 11.0. The minimum atomic E-state index is -0.931. The first kappa shape index (κ1) is 15.4. The van der Waals surface area contributed by atoms with Gasteiger partial charge in [0.2, 0.25) is 11.7 Å². The van der Waals surface area contributed by atoms with Gasteiger partial charge in [-0.15, -0.1) is 0 Å². The predicted molar refractivity (Wildman–Crippen MR) is 70.1 cm³/mol. The van der Waals surface area contributed by atoms with E-state index in [0.29, 0.717) is 0 Å². The highest BCUT2D eigenvalue weighted by atomic mass is 16.6. The van der Waals surface area contributed by atoms with Gasteiger partial charge in [0.25, 0.3) is 5.91 Å². The summed E-state index contributed by atoms with van der Waals surface area (Å²) in [5.74, 6) is -2.04. The summed E-state index contributed by atoms with van der Waals surface area (Å²) in [4.78, 5) is 32.8. The van der Waals surface area contributed by atoms with Crippen molar-refractivity contribution in [3.63, 3.8) is 0 Å². The highest BCUT2D eigenvalue weighted by Crippen LogP contribution is 2.29. The molecule has 20 heavy (non-hydrogen) atoms. The van der Waals surface area contributed by atoms with Gasteiger partial charge < -0.3 is 16.2 Å². The number of nitrogens with two attached hydrogens (primary N) is 1. The van der Waals surface area contributed by atoms with Crippen LogP contribution < -0.4 is 11.1 Å². The number of primary amides is 1. The molecular formula is C12H15N3O5. The van der Waals surface area contributed by atoms with Gasteiger partial charge in [-0.3, -0.25) is 19.7 Å². The number of aromatic hydroxyl groups is 1. The van der Waals surface area contributed by atoms with Gasteiger partial charge in [0.05, 0.1) is 10.5 Å². The molecule has 0 bridgehead atoms. The maximum atomic E-state index is 12.0. The number of rotatable bonds is 5. The molecule has 8 nitrogen and oxygen atoms in total. The van der Waals surface area contributed by atoms with Crippen molar-refractivity contribution in [2.45, 2.75) is 25.8 Å². The van der Waals surface area contributed by atoms with Crippen LogP contribution in [-0.4, -0.2) is 27.4 Å². The Bertz CT molecular complexity index is 568. The molecule has 0 aliphatic heterocycles. The molecule has 0 spiro atoms.